The summed E-state index contributed by atoms with van der Waals surface area (Å²) in [7, 11) is 0. The van der Waals surface area contributed by atoms with Gasteiger partial charge in [0.15, 0.2) is 0 Å². The SMILES string of the molecule is CC(C(=O)N1C[C@@H](C#N)[C@H](c2ccccc2)C1)c1nccs1. The van der Waals surface area contributed by atoms with E-state index in [1.807, 2.05) is 47.5 Å². The lowest BCUT2D eigenvalue weighted by molar-refractivity contribution is -0.131. The minimum absolute atomic E-state index is 0.0635. The topological polar surface area (TPSA) is 57.0 Å². The number of carbonyl (C=O) groups excluding carboxylic acids is 1. The van der Waals surface area contributed by atoms with Crippen LogP contribution in [0.5, 0.6) is 0 Å². The number of nitrogens with zero attached hydrogens (tertiary/aromatic N) is 3. The summed E-state index contributed by atoms with van der Waals surface area (Å²) in [5.74, 6) is -0.226. The summed E-state index contributed by atoms with van der Waals surface area (Å²) in [6, 6.07) is 12.4. The minimum atomic E-state index is -0.242. The molecule has 2 aromatic rings. The van der Waals surface area contributed by atoms with Gasteiger partial charge in [0.05, 0.1) is 17.9 Å². The molecule has 0 N–H and O–H groups in total. The predicted molar refractivity (Wildman–Crippen MR) is 85.4 cm³/mol. The third kappa shape index (κ3) is 2.75. The first-order chi connectivity index (χ1) is 10.7. The summed E-state index contributed by atoms with van der Waals surface area (Å²) in [6.45, 7) is 3.00. The normalized spacial score (nSPS) is 22.3. The van der Waals surface area contributed by atoms with Crippen LogP contribution in [-0.4, -0.2) is 28.9 Å². The van der Waals surface area contributed by atoms with E-state index in [0.29, 0.717) is 13.1 Å². The monoisotopic (exact) mass is 311 g/mol. The Hall–Kier alpha value is -2.19. The Balaban J connectivity index is 1.77. The van der Waals surface area contributed by atoms with Crippen molar-refractivity contribution in [2.45, 2.75) is 18.8 Å². The lowest BCUT2D eigenvalue weighted by Gasteiger charge is -2.19. The van der Waals surface area contributed by atoms with E-state index in [-0.39, 0.29) is 23.7 Å². The number of aromatic nitrogens is 1. The van der Waals surface area contributed by atoms with Crippen molar-refractivity contribution < 1.29 is 4.79 Å². The Labute approximate surface area is 134 Å². The van der Waals surface area contributed by atoms with Crippen LogP contribution >= 0.6 is 11.3 Å². The molecule has 1 aliphatic heterocycles. The molecule has 1 aromatic heterocycles. The summed E-state index contributed by atoms with van der Waals surface area (Å²) >= 11 is 1.50. The third-order valence-electron chi connectivity index (χ3n) is 4.22. The van der Waals surface area contributed by atoms with Crippen molar-refractivity contribution in [3.8, 4) is 6.07 Å². The molecule has 0 spiro atoms. The fraction of sp³-hybridized carbons (Fsp3) is 0.353. The molecule has 0 saturated carbocycles. The minimum Gasteiger partial charge on any atom is -0.340 e. The van der Waals surface area contributed by atoms with Crippen molar-refractivity contribution in [2.24, 2.45) is 5.92 Å². The molecule has 1 amide bonds. The second-order valence-corrected chi connectivity index (χ2v) is 6.51. The van der Waals surface area contributed by atoms with Crippen molar-refractivity contribution in [1.29, 1.82) is 5.26 Å². The molecule has 5 heteroatoms. The molecule has 3 atom stereocenters. The fourth-order valence-electron chi connectivity index (χ4n) is 2.98. The van der Waals surface area contributed by atoms with Crippen molar-refractivity contribution in [3.63, 3.8) is 0 Å². The quantitative estimate of drug-likeness (QED) is 0.875. The van der Waals surface area contributed by atoms with Crippen LogP contribution < -0.4 is 0 Å². The summed E-state index contributed by atoms with van der Waals surface area (Å²) in [4.78, 5) is 18.7. The molecule has 1 aliphatic rings. The first-order valence-corrected chi connectivity index (χ1v) is 8.21. The van der Waals surface area contributed by atoms with Crippen molar-refractivity contribution in [3.05, 3.63) is 52.5 Å². The van der Waals surface area contributed by atoms with Crippen molar-refractivity contribution >= 4 is 17.2 Å². The molecular formula is C17H17N3OS. The Morgan fingerprint density at radius 2 is 2.18 bits per heavy atom. The summed E-state index contributed by atoms with van der Waals surface area (Å²) < 4.78 is 0. The molecule has 1 saturated heterocycles. The predicted octanol–water partition coefficient (Wildman–Crippen LogP) is 3.01. The van der Waals surface area contributed by atoms with Crippen molar-refractivity contribution in [1.82, 2.24) is 9.88 Å². The zero-order valence-electron chi connectivity index (χ0n) is 12.3. The maximum atomic E-state index is 12.7. The van der Waals surface area contributed by atoms with Crippen molar-refractivity contribution in [2.75, 3.05) is 13.1 Å². The number of rotatable bonds is 3. The maximum Gasteiger partial charge on any atom is 0.232 e. The second kappa shape index (κ2) is 6.29. The number of benzene rings is 1. The van der Waals surface area contributed by atoms with Crippen LogP contribution in [0, 0.1) is 17.2 Å². The molecule has 1 aromatic carbocycles. The summed E-state index contributed by atoms with van der Waals surface area (Å²) in [5, 5.41) is 12.1. The van der Waals surface area contributed by atoms with E-state index in [1.165, 1.54) is 11.3 Å². The molecule has 2 heterocycles. The number of likely N-dealkylation sites (tertiary alicyclic amines) is 1. The van der Waals surface area contributed by atoms with E-state index in [4.69, 9.17) is 0 Å². The van der Waals surface area contributed by atoms with Gasteiger partial charge >= 0.3 is 0 Å². The van der Waals surface area contributed by atoms with Crippen LogP contribution in [-0.2, 0) is 4.79 Å². The van der Waals surface area contributed by atoms with Crippen LogP contribution in [0.4, 0.5) is 0 Å². The van der Waals surface area contributed by atoms with Crippen LogP contribution in [0.15, 0.2) is 41.9 Å². The number of amides is 1. The molecule has 112 valence electrons. The van der Waals surface area contributed by atoms with Crippen LogP contribution in [0.2, 0.25) is 0 Å². The molecule has 4 nitrogen and oxygen atoms in total. The Morgan fingerprint density at radius 1 is 1.41 bits per heavy atom. The van der Waals surface area contributed by atoms with Crippen LogP contribution in [0.1, 0.15) is 29.3 Å². The molecule has 1 fully saturated rings. The number of hydrogen-bond donors (Lipinski definition) is 0. The average molecular weight is 311 g/mol. The van der Waals surface area contributed by atoms with E-state index >= 15 is 0 Å². The fourth-order valence-corrected chi connectivity index (χ4v) is 3.67. The van der Waals surface area contributed by atoms with Gasteiger partial charge in [0.2, 0.25) is 5.91 Å². The Kier molecular flexibility index (Phi) is 4.21. The standard InChI is InChI=1S/C17H17N3OS/c1-12(16-19-7-8-22-16)17(21)20-10-14(9-18)15(11-20)13-5-3-2-4-6-13/h2-8,12,14-15H,10-11H2,1H3/t12?,14-,15+/m1/s1. The molecule has 22 heavy (non-hydrogen) atoms. The highest BCUT2D eigenvalue weighted by Crippen LogP contribution is 2.34. The van der Waals surface area contributed by atoms with Gasteiger partial charge in [0, 0.05) is 30.6 Å². The van der Waals surface area contributed by atoms with E-state index in [9.17, 15) is 10.1 Å². The molecule has 3 rings (SSSR count). The number of hydrogen-bond acceptors (Lipinski definition) is 4. The first kappa shape index (κ1) is 14.7. The lowest BCUT2D eigenvalue weighted by Crippen LogP contribution is -2.32. The van der Waals surface area contributed by atoms with Gasteiger partial charge in [-0.25, -0.2) is 4.98 Å². The van der Waals surface area contributed by atoms with Gasteiger partial charge in [-0.3, -0.25) is 4.79 Å². The zero-order chi connectivity index (χ0) is 15.5. The third-order valence-corrected chi connectivity index (χ3v) is 5.18. The van der Waals surface area contributed by atoms with Crippen LogP contribution in [0.3, 0.4) is 0 Å². The molecule has 0 bridgehead atoms. The molecular weight excluding hydrogens is 294 g/mol. The van der Waals surface area contributed by atoms with E-state index in [2.05, 4.69) is 11.1 Å². The highest BCUT2D eigenvalue weighted by Gasteiger charge is 2.38. The molecule has 0 aliphatic carbocycles. The van der Waals surface area contributed by atoms with Gasteiger partial charge in [0.1, 0.15) is 5.01 Å². The zero-order valence-corrected chi connectivity index (χ0v) is 13.2. The van der Waals surface area contributed by atoms with Crippen LogP contribution in [0.25, 0.3) is 0 Å². The number of thiazole rings is 1. The lowest BCUT2D eigenvalue weighted by atomic mass is 9.90. The van der Waals surface area contributed by atoms with E-state index < -0.39 is 0 Å². The summed E-state index contributed by atoms with van der Waals surface area (Å²) in [5.41, 5.74) is 1.13. The van der Waals surface area contributed by atoms with E-state index in [0.717, 1.165) is 10.6 Å². The Morgan fingerprint density at radius 3 is 2.82 bits per heavy atom. The van der Waals surface area contributed by atoms with Gasteiger partial charge in [-0.05, 0) is 12.5 Å². The smallest absolute Gasteiger partial charge is 0.232 e. The van der Waals surface area contributed by atoms with Gasteiger partial charge in [-0.15, -0.1) is 11.3 Å². The maximum absolute atomic E-state index is 12.7. The van der Waals surface area contributed by atoms with Gasteiger partial charge in [-0.2, -0.15) is 5.26 Å². The second-order valence-electron chi connectivity index (χ2n) is 5.59. The number of carbonyl (C=O) groups is 1. The molecule has 1 unspecified atom stereocenters. The van der Waals surface area contributed by atoms with Gasteiger partial charge in [0.25, 0.3) is 0 Å². The summed E-state index contributed by atoms with van der Waals surface area (Å²) in [6.07, 6.45) is 1.72. The largest absolute Gasteiger partial charge is 0.340 e. The van der Waals surface area contributed by atoms with Gasteiger partial charge < -0.3 is 4.90 Å². The number of nitriles is 1. The van der Waals surface area contributed by atoms with Gasteiger partial charge in [-0.1, -0.05) is 30.3 Å². The highest BCUT2D eigenvalue weighted by atomic mass is 32.1. The van der Waals surface area contributed by atoms with E-state index in [1.54, 1.807) is 6.20 Å². The average Bonchev–Trinajstić information content (AvgIpc) is 3.23. The first-order valence-electron chi connectivity index (χ1n) is 7.33. The molecule has 0 radical (unpaired) electrons. The Bertz CT molecular complexity index is 678. The highest BCUT2D eigenvalue weighted by molar-refractivity contribution is 7.09.